The third-order valence-corrected chi connectivity index (χ3v) is 3.36. The molecule has 1 unspecified atom stereocenters. The molecule has 1 N–H and O–H groups in total. The predicted molar refractivity (Wildman–Crippen MR) is 67.3 cm³/mol. The minimum Gasteiger partial charge on any atom is -0.480 e. The van der Waals surface area contributed by atoms with Gasteiger partial charge in [-0.1, -0.05) is 13.3 Å². The van der Waals surface area contributed by atoms with Crippen LogP contribution in [0.5, 0.6) is 0 Å². The molecule has 1 fully saturated rings. The molecule has 1 heterocycles. The Bertz CT molecular complexity index is 293. The van der Waals surface area contributed by atoms with E-state index in [9.17, 15) is 14.7 Å². The molecule has 0 saturated carbocycles. The number of carboxylic acids is 1. The number of carboxylic acid groups (broad SMARTS) is 1. The van der Waals surface area contributed by atoms with E-state index in [0.717, 1.165) is 25.8 Å². The smallest absolute Gasteiger partial charge is 0.320 e. The molecule has 0 spiro atoms. The van der Waals surface area contributed by atoms with Crippen molar-refractivity contribution >= 4 is 11.9 Å². The fraction of sp³-hybridized carbons (Fsp3) is 0.846. The van der Waals surface area contributed by atoms with Crippen molar-refractivity contribution in [2.24, 2.45) is 5.92 Å². The first kappa shape index (κ1) is 15.0. The molecule has 0 bridgehead atoms. The van der Waals surface area contributed by atoms with Gasteiger partial charge in [0.25, 0.3) is 0 Å². The molecule has 104 valence electrons. The Morgan fingerprint density at radius 1 is 1.44 bits per heavy atom. The van der Waals surface area contributed by atoms with Gasteiger partial charge in [-0.25, -0.2) is 0 Å². The maximum Gasteiger partial charge on any atom is 0.320 e. The SMILES string of the molecule is CCCC(C(=O)O)N1CCC[C@@H](C(=O)OCC)C1. The molecule has 0 aromatic rings. The van der Waals surface area contributed by atoms with E-state index in [2.05, 4.69) is 0 Å². The standard InChI is InChI=1S/C13H23NO4/c1-3-6-11(12(15)16)14-8-5-7-10(9-14)13(17)18-4-2/h10-11H,3-9H2,1-2H3,(H,15,16)/t10-,11?/m1/s1. The van der Waals surface area contributed by atoms with E-state index in [4.69, 9.17) is 4.74 Å². The molecular weight excluding hydrogens is 234 g/mol. The van der Waals surface area contributed by atoms with Crippen molar-refractivity contribution in [3.8, 4) is 0 Å². The third-order valence-electron chi connectivity index (χ3n) is 3.36. The Labute approximate surface area is 108 Å². The summed E-state index contributed by atoms with van der Waals surface area (Å²) in [6.45, 7) is 5.41. The number of hydrogen-bond donors (Lipinski definition) is 1. The Morgan fingerprint density at radius 2 is 2.17 bits per heavy atom. The lowest BCUT2D eigenvalue weighted by molar-refractivity contribution is -0.153. The van der Waals surface area contributed by atoms with Gasteiger partial charge in [0.1, 0.15) is 6.04 Å². The van der Waals surface area contributed by atoms with Gasteiger partial charge in [-0.05, 0) is 32.7 Å². The van der Waals surface area contributed by atoms with E-state index in [1.807, 2.05) is 11.8 Å². The molecule has 0 aromatic heterocycles. The largest absolute Gasteiger partial charge is 0.480 e. The molecule has 1 aliphatic heterocycles. The first-order chi connectivity index (χ1) is 8.60. The van der Waals surface area contributed by atoms with E-state index in [1.54, 1.807) is 6.92 Å². The minimum atomic E-state index is -0.790. The fourth-order valence-corrected chi connectivity index (χ4v) is 2.48. The second kappa shape index (κ2) is 7.36. The lowest BCUT2D eigenvalue weighted by Crippen LogP contribution is -2.48. The van der Waals surface area contributed by atoms with Crippen molar-refractivity contribution in [1.29, 1.82) is 0 Å². The van der Waals surface area contributed by atoms with Gasteiger partial charge in [0.15, 0.2) is 0 Å². The van der Waals surface area contributed by atoms with Crippen LogP contribution in [0.1, 0.15) is 39.5 Å². The highest BCUT2D eigenvalue weighted by atomic mass is 16.5. The summed E-state index contributed by atoms with van der Waals surface area (Å²) in [4.78, 5) is 24.8. The van der Waals surface area contributed by atoms with Crippen LogP contribution in [0, 0.1) is 5.92 Å². The van der Waals surface area contributed by atoms with Crippen molar-refractivity contribution in [2.75, 3.05) is 19.7 Å². The maximum atomic E-state index is 11.7. The van der Waals surface area contributed by atoms with Crippen LogP contribution in [-0.2, 0) is 14.3 Å². The van der Waals surface area contributed by atoms with Crippen LogP contribution in [0.2, 0.25) is 0 Å². The molecule has 5 nitrogen and oxygen atoms in total. The van der Waals surface area contributed by atoms with E-state index in [1.165, 1.54) is 0 Å². The Balaban J connectivity index is 2.61. The molecular formula is C13H23NO4. The number of aliphatic carboxylic acids is 1. The van der Waals surface area contributed by atoms with Crippen LogP contribution < -0.4 is 0 Å². The first-order valence-electron chi connectivity index (χ1n) is 6.73. The van der Waals surface area contributed by atoms with Gasteiger partial charge < -0.3 is 9.84 Å². The predicted octanol–water partition coefficient (Wildman–Crippen LogP) is 1.51. The summed E-state index contributed by atoms with van der Waals surface area (Å²) >= 11 is 0. The summed E-state index contributed by atoms with van der Waals surface area (Å²) in [6.07, 6.45) is 3.12. The molecule has 1 aliphatic rings. The van der Waals surface area contributed by atoms with Crippen molar-refractivity contribution in [3.05, 3.63) is 0 Å². The summed E-state index contributed by atoms with van der Waals surface area (Å²) in [5, 5.41) is 9.23. The zero-order valence-corrected chi connectivity index (χ0v) is 11.2. The second-order valence-electron chi connectivity index (χ2n) is 4.73. The average Bonchev–Trinajstić information content (AvgIpc) is 2.36. The highest BCUT2D eigenvalue weighted by Crippen LogP contribution is 2.21. The number of ether oxygens (including phenoxy) is 1. The van der Waals surface area contributed by atoms with Crippen molar-refractivity contribution in [2.45, 2.75) is 45.6 Å². The van der Waals surface area contributed by atoms with Crippen molar-refractivity contribution in [1.82, 2.24) is 4.90 Å². The second-order valence-corrected chi connectivity index (χ2v) is 4.73. The Morgan fingerprint density at radius 3 is 2.72 bits per heavy atom. The van der Waals surface area contributed by atoms with Gasteiger partial charge in [0, 0.05) is 6.54 Å². The van der Waals surface area contributed by atoms with Crippen LogP contribution in [-0.4, -0.2) is 47.7 Å². The van der Waals surface area contributed by atoms with Gasteiger partial charge in [-0.3, -0.25) is 14.5 Å². The molecule has 0 aliphatic carbocycles. The maximum absolute atomic E-state index is 11.7. The molecule has 5 heteroatoms. The highest BCUT2D eigenvalue weighted by molar-refractivity contribution is 5.75. The van der Waals surface area contributed by atoms with Crippen molar-refractivity contribution in [3.63, 3.8) is 0 Å². The number of piperidine rings is 1. The summed E-state index contributed by atoms with van der Waals surface area (Å²) < 4.78 is 5.02. The topological polar surface area (TPSA) is 66.8 Å². The molecule has 2 atom stereocenters. The van der Waals surface area contributed by atoms with E-state index in [0.29, 0.717) is 19.6 Å². The number of carbonyl (C=O) groups excluding carboxylic acids is 1. The van der Waals surface area contributed by atoms with E-state index in [-0.39, 0.29) is 11.9 Å². The molecule has 0 aromatic carbocycles. The number of nitrogens with zero attached hydrogens (tertiary/aromatic N) is 1. The first-order valence-corrected chi connectivity index (χ1v) is 6.73. The van der Waals surface area contributed by atoms with Gasteiger partial charge in [-0.15, -0.1) is 0 Å². The molecule has 0 radical (unpaired) electrons. The molecule has 1 saturated heterocycles. The average molecular weight is 257 g/mol. The molecule has 1 rings (SSSR count). The van der Waals surface area contributed by atoms with Crippen molar-refractivity contribution < 1.29 is 19.4 Å². The minimum absolute atomic E-state index is 0.169. The summed E-state index contributed by atoms with van der Waals surface area (Å²) in [5.41, 5.74) is 0. The van der Waals surface area contributed by atoms with Gasteiger partial charge in [-0.2, -0.15) is 0 Å². The van der Waals surface area contributed by atoms with Crippen LogP contribution in [0.15, 0.2) is 0 Å². The Kier molecular flexibility index (Phi) is 6.12. The Hall–Kier alpha value is -1.10. The monoisotopic (exact) mass is 257 g/mol. The lowest BCUT2D eigenvalue weighted by atomic mass is 9.96. The number of rotatable bonds is 6. The number of carbonyl (C=O) groups is 2. The molecule has 18 heavy (non-hydrogen) atoms. The van der Waals surface area contributed by atoms with E-state index < -0.39 is 12.0 Å². The third kappa shape index (κ3) is 3.98. The lowest BCUT2D eigenvalue weighted by Gasteiger charge is -2.35. The quantitative estimate of drug-likeness (QED) is 0.731. The van der Waals surface area contributed by atoms with Crippen LogP contribution in [0.25, 0.3) is 0 Å². The van der Waals surface area contributed by atoms with Gasteiger partial charge >= 0.3 is 11.9 Å². The number of hydrogen-bond acceptors (Lipinski definition) is 4. The zero-order chi connectivity index (χ0) is 13.5. The van der Waals surface area contributed by atoms with Crippen LogP contribution >= 0.6 is 0 Å². The highest BCUT2D eigenvalue weighted by Gasteiger charge is 2.33. The van der Waals surface area contributed by atoms with Gasteiger partial charge in [0.2, 0.25) is 0 Å². The van der Waals surface area contributed by atoms with Crippen LogP contribution in [0.3, 0.4) is 0 Å². The fourth-order valence-electron chi connectivity index (χ4n) is 2.48. The summed E-state index contributed by atoms with van der Waals surface area (Å²) in [5.74, 6) is -1.15. The number of esters is 1. The van der Waals surface area contributed by atoms with Gasteiger partial charge in [0.05, 0.1) is 12.5 Å². The number of likely N-dealkylation sites (tertiary alicyclic amines) is 1. The summed E-state index contributed by atoms with van der Waals surface area (Å²) in [6, 6.07) is -0.466. The zero-order valence-electron chi connectivity index (χ0n) is 11.2. The normalized spacial score (nSPS) is 22.4. The van der Waals surface area contributed by atoms with E-state index >= 15 is 0 Å². The summed E-state index contributed by atoms with van der Waals surface area (Å²) in [7, 11) is 0. The van der Waals surface area contributed by atoms with Crippen LogP contribution in [0.4, 0.5) is 0 Å². The molecule has 0 amide bonds.